The normalized spacial score (nSPS) is 10.3. The minimum atomic E-state index is -0.446. The van der Waals surface area contributed by atoms with Gasteiger partial charge in [0.25, 0.3) is 0 Å². The molecule has 0 aliphatic rings. The molecule has 1 aromatic carbocycles. The van der Waals surface area contributed by atoms with Crippen molar-refractivity contribution in [2.24, 2.45) is 7.05 Å². The minimum absolute atomic E-state index is 0.159. The van der Waals surface area contributed by atoms with Gasteiger partial charge >= 0.3 is 5.97 Å². The van der Waals surface area contributed by atoms with Crippen LogP contribution in [0.25, 0.3) is 11.3 Å². The smallest absolute Gasteiger partial charge is 0.343 e. The van der Waals surface area contributed by atoms with Gasteiger partial charge in [0, 0.05) is 23.7 Å². The molecule has 0 N–H and O–H groups in total. The van der Waals surface area contributed by atoms with Crippen LogP contribution >= 0.6 is 11.6 Å². The van der Waals surface area contributed by atoms with Crippen molar-refractivity contribution in [3.8, 4) is 17.1 Å². The van der Waals surface area contributed by atoms with Gasteiger partial charge in [0.05, 0.1) is 12.8 Å². The summed E-state index contributed by atoms with van der Waals surface area (Å²) in [6.45, 7) is -0.159. The van der Waals surface area contributed by atoms with Crippen molar-refractivity contribution in [2.45, 2.75) is 0 Å². The lowest BCUT2D eigenvalue weighted by atomic mass is 10.1. The molecule has 2 rings (SSSR count). The van der Waals surface area contributed by atoms with Gasteiger partial charge in [0.1, 0.15) is 0 Å². The van der Waals surface area contributed by atoms with Crippen molar-refractivity contribution in [1.29, 1.82) is 0 Å². The molecule has 0 unspecified atom stereocenters. The molecular weight excluding hydrogens is 268 g/mol. The molecule has 1 aromatic heterocycles. The Labute approximate surface area is 115 Å². The number of esters is 1. The van der Waals surface area contributed by atoms with Gasteiger partial charge in [0.2, 0.25) is 5.88 Å². The van der Waals surface area contributed by atoms with Gasteiger partial charge in [-0.25, -0.2) is 4.79 Å². The minimum Gasteiger partial charge on any atom is -0.466 e. The molecule has 5 nitrogen and oxygen atoms in total. The van der Waals surface area contributed by atoms with Crippen molar-refractivity contribution in [2.75, 3.05) is 13.7 Å². The Morgan fingerprint density at radius 3 is 2.68 bits per heavy atom. The van der Waals surface area contributed by atoms with Crippen LogP contribution in [-0.4, -0.2) is 29.5 Å². The highest BCUT2D eigenvalue weighted by atomic mass is 35.5. The predicted octanol–water partition coefficient (Wildman–Crippen LogP) is 2.29. The maximum atomic E-state index is 11.0. The zero-order valence-electron chi connectivity index (χ0n) is 10.6. The van der Waals surface area contributed by atoms with Crippen LogP contribution in [-0.2, 0) is 16.6 Å². The van der Waals surface area contributed by atoms with Crippen molar-refractivity contribution < 1.29 is 14.3 Å². The second kappa shape index (κ2) is 5.75. The second-order valence-electron chi connectivity index (χ2n) is 3.86. The Bertz CT molecular complexity index is 578. The number of methoxy groups -OCH3 is 1. The number of ether oxygens (including phenoxy) is 2. The summed E-state index contributed by atoms with van der Waals surface area (Å²) in [5.74, 6) is -0.0726. The maximum Gasteiger partial charge on any atom is 0.343 e. The van der Waals surface area contributed by atoms with Crippen molar-refractivity contribution in [3.05, 3.63) is 35.4 Å². The first kappa shape index (κ1) is 13.4. The monoisotopic (exact) mass is 280 g/mol. The van der Waals surface area contributed by atoms with E-state index >= 15 is 0 Å². The van der Waals surface area contributed by atoms with Gasteiger partial charge in [-0.1, -0.05) is 23.7 Å². The van der Waals surface area contributed by atoms with Crippen LogP contribution in [0.4, 0.5) is 0 Å². The van der Waals surface area contributed by atoms with Crippen LogP contribution in [0, 0.1) is 0 Å². The SMILES string of the molecule is COC(=O)COc1cc(-c2ccc(Cl)cc2)n(C)n1. The average Bonchev–Trinajstić information content (AvgIpc) is 2.78. The van der Waals surface area contributed by atoms with E-state index in [2.05, 4.69) is 9.84 Å². The standard InChI is InChI=1S/C13H13ClN2O3/c1-16-11(9-3-5-10(14)6-4-9)7-12(15-16)19-8-13(17)18-2/h3-7H,8H2,1-2H3. The molecule has 0 amide bonds. The second-order valence-corrected chi connectivity index (χ2v) is 4.30. The summed E-state index contributed by atoms with van der Waals surface area (Å²) in [7, 11) is 3.11. The highest BCUT2D eigenvalue weighted by molar-refractivity contribution is 6.30. The average molecular weight is 281 g/mol. The third-order valence-corrected chi connectivity index (χ3v) is 2.81. The Balaban J connectivity index is 2.16. The van der Waals surface area contributed by atoms with E-state index in [0.717, 1.165) is 11.3 Å². The van der Waals surface area contributed by atoms with Gasteiger partial charge in [-0.15, -0.1) is 5.10 Å². The molecule has 1 heterocycles. The molecule has 0 aliphatic heterocycles. The summed E-state index contributed by atoms with van der Waals surface area (Å²) in [5, 5.41) is 4.84. The molecule has 0 radical (unpaired) electrons. The first-order chi connectivity index (χ1) is 9.10. The van der Waals surface area contributed by atoms with Gasteiger partial charge in [-0.3, -0.25) is 4.68 Å². The molecule has 0 fully saturated rings. The van der Waals surface area contributed by atoms with Gasteiger partial charge in [0.15, 0.2) is 6.61 Å². The third kappa shape index (κ3) is 3.26. The number of carbonyl (C=O) groups excluding carboxylic acids is 1. The van der Waals surface area contributed by atoms with E-state index in [1.165, 1.54) is 7.11 Å². The predicted molar refractivity (Wildman–Crippen MR) is 71.2 cm³/mol. The zero-order chi connectivity index (χ0) is 13.8. The fraction of sp³-hybridized carbons (Fsp3) is 0.231. The molecule has 2 aromatic rings. The topological polar surface area (TPSA) is 53.4 Å². The number of benzene rings is 1. The largest absolute Gasteiger partial charge is 0.466 e. The molecule has 0 aliphatic carbocycles. The molecule has 0 saturated carbocycles. The first-order valence-corrected chi connectivity index (χ1v) is 5.97. The summed E-state index contributed by atoms with van der Waals surface area (Å²) < 4.78 is 11.4. The number of carbonyl (C=O) groups is 1. The van der Waals surface area contributed by atoms with E-state index in [9.17, 15) is 4.79 Å². The van der Waals surface area contributed by atoms with E-state index in [4.69, 9.17) is 16.3 Å². The van der Waals surface area contributed by atoms with Crippen LogP contribution < -0.4 is 4.74 Å². The van der Waals surface area contributed by atoms with Crippen LogP contribution in [0.3, 0.4) is 0 Å². The van der Waals surface area contributed by atoms with Crippen LogP contribution in [0.5, 0.6) is 5.88 Å². The van der Waals surface area contributed by atoms with E-state index in [0.29, 0.717) is 10.9 Å². The Hall–Kier alpha value is -2.01. The third-order valence-electron chi connectivity index (χ3n) is 2.56. The lowest BCUT2D eigenvalue weighted by Gasteiger charge is -2.00. The van der Waals surface area contributed by atoms with Gasteiger partial charge in [-0.2, -0.15) is 0 Å². The molecule has 0 atom stereocenters. The molecular formula is C13H13ClN2O3. The summed E-state index contributed by atoms with van der Waals surface area (Å²) in [4.78, 5) is 11.0. The molecule has 100 valence electrons. The quantitative estimate of drug-likeness (QED) is 0.807. The van der Waals surface area contributed by atoms with Crippen LogP contribution in [0.2, 0.25) is 5.02 Å². The molecule has 0 saturated heterocycles. The van der Waals surface area contributed by atoms with E-state index in [-0.39, 0.29) is 6.61 Å². The van der Waals surface area contributed by atoms with Gasteiger partial charge in [-0.05, 0) is 12.1 Å². The van der Waals surface area contributed by atoms with E-state index in [1.54, 1.807) is 29.9 Å². The number of halogens is 1. The molecule has 19 heavy (non-hydrogen) atoms. The number of aryl methyl sites for hydroxylation is 1. The number of nitrogens with zero attached hydrogens (tertiary/aromatic N) is 2. The number of hydrogen-bond acceptors (Lipinski definition) is 4. The van der Waals surface area contributed by atoms with Crippen molar-refractivity contribution in [3.63, 3.8) is 0 Å². The lowest BCUT2D eigenvalue weighted by Crippen LogP contribution is -2.12. The molecule has 6 heteroatoms. The highest BCUT2D eigenvalue weighted by Gasteiger charge is 2.10. The molecule has 0 spiro atoms. The highest BCUT2D eigenvalue weighted by Crippen LogP contribution is 2.24. The number of hydrogen-bond donors (Lipinski definition) is 0. The van der Waals surface area contributed by atoms with Crippen molar-refractivity contribution >= 4 is 17.6 Å². The zero-order valence-corrected chi connectivity index (χ0v) is 11.3. The Morgan fingerprint density at radius 1 is 1.37 bits per heavy atom. The maximum absolute atomic E-state index is 11.0. The van der Waals surface area contributed by atoms with Crippen LogP contribution in [0.1, 0.15) is 0 Å². The number of rotatable bonds is 4. The molecule has 0 bridgehead atoms. The Kier molecular flexibility index (Phi) is 4.06. The first-order valence-electron chi connectivity index (χ1n) is 5.59. The fourth-order valence-corrected chi connectivity index (χ4v) is 1.72. The summed E-state index contributed by atoms with van der Waals surface area (Å²) >= 11 is 5.85. The van der Waals surface area contributed by atoms with Gasteiger partial charge < -0.3 is 9.47 Å². The lowest BCUT2D eigenvalue weighted by molar-refractivity contribution is -0.143. The van der Waals surface area contributed by atoms with Crippen LogP contribution in [0.15, 0.2) is 30.3 Å². The Morgan fingerprint density at radius 2 is 2.05 bits per heavy atom. The summed E-state index contributed by atoms with van der Waals surface area (Å²) in [6, 6.07) is 9.15. The number of aromatic nitrogens is 2. The summed E-state index contributed by atoms with van der Waals surface area (Å²) in [5.41, 5.74) is 1.84. The van der Waals surface area contributed by atoms with Crippen molar-refractivity contribution in [1.82, 2.24) is 9.78 Å². The van der Waals surface area contributed by atoms with E-state index in [1.807, 2.05) is 12.1 Å². The summed E-state index contributed by atoms with van der Waals surface area (Å²) in [6.07, 6.45) is 0. The van der Waals surface area contributed by atoms with E-state index < -0.39 is 5.97 Å². The fourth-order valence-electron chi connectivity index (χ4n) is 1.59.